The third-order valence-corrected chi connectivity index (χ3v) is 4.34. The Kier molecular flexibility index (Phi) is 6.23. The first-order valence-electron chi connectivity index (χ1n) is 9.46. The molecule has 2 N–H and O–H groups in total. The van der Waals surface area contributed by atoms with Crippen molar-refractivity contribution in [2.24, 2.45) is 0 Å². The van der Waals surface area contributed by atoms with Gasteiger partial charge in [-0.05, 0) is 46.1 Å². The Morgan fingerprint density at radius 3 is 2.62 bits per heavy atom. The molecule has 8 heteroatoms. The Balaban J connectivity index is 2.10. The lowest BCUT2D eigenvalue weighted by atomic mass is 10.0. The smallest absolute Gasteiger partial charge is 0.267 e. The van der Waals surface area contributed by atoms with Crippen LogP contribution in [-0.4, -0.2) is 51.9 Å². The lowest BCUT2D eigenvalue weighted by Crippen LogP contribution is -2.24. The largest absolute Gasteiger partial charge is 0.492 e. The molecule has 0 fully saturated rings. The van der Waals surface area contributed by atoms with Gasteiger partial charge in [0, 0.05) is 29.9 Å². The van der Waals surface area contributed by atoms with E-state index in [2.05, 4.69) is 20.0 Å². The van der Waals surface area contributed by atoms with Crippen LogP contribution in [0.15, 0.2) is 47.4 Å². The third-order valence-electron chi connectivity index (χ3n) is 4.34. The Morgan fingerprint density at radius 2 is 1.90 bits per heavy atom. The Labute approximate surface area is 170 Å². The fourth-order valence-corrected chi connectivity index (χ4v) is 2.85. The maximum absolute atomic E-state index is 12.1. The molecule has 0 bridgehead atoms. The van der Waals surface area contributed by atoms with Crippen molar-refractivity contribution in [3.8, 4) is 28.3 Å². The number of para-hydroxylation sites is 1. The minimum atomic E-state index is -0.158. The van der Waals surface area contributed by atoms with E-state index >= 15 is 0 Å². The Hall–Kier alpha value is -3.26. The second-order valence-electron chi connectivity index (χ2n) is 7.23. The molecule has 3 aromatic rings. The number of benzene rings is 1. The number of likely N-dealkylation sites (N-methyl/N-ethyl adjacent to an activating group) is 1. The monoisotopic (exact) mass is 394 g/mol. The molecular weight excluding hydrogens is 368 g/mol. The van der Waals surface area contributed by atoms with Gasteiger partial charge in [0.25, 0.3) is 5.56 Å². The summed E-state index contributed by atoms with van der Waals surface area (Å²) in [4.78, 5) is 22.8. The highest BCUT2D eigenvalue weighted by Gasteiger charge is 2.17. The van der Waals surface area contributed by atoms with Crippen molar-refractivity contribution in [2.45, 2.75) is 19.9 Å². The van der Waals surface area contributed by atoms with Gasteiger partial charge in [-0.3, -0.25) is 4.79 Å². The summed E-state index contributed by atoms with van der Waals surface area (Å²) in [6.07, 6.45) is 1.63. The lowest BCUT2D eigenvalue weighted by Gasteiger charge is -2.16. The molecule has 0 unspecified atom stereocenters. The molecule has 0 aliphatic carbocycles. The van der Waals surface area contributed by atoms with Crippen LogP contribution < -0.4 is 16.0 Å². The SMILES string of the molecule is CC(C)n1nc(-c2cnc(N)nc2-c2ccccc2OCCN(C)C)ccc1=O. The van der Waals surface area contributed by atoms with Crippen molar-refractivity contribution >= 4 is 5.95 Å². The number of nitrogens with zero attached hydrogens (tertiary/aromatic N) is 5. The van der Waals surface area contributed by atoms with Crippen molar-refractivity contribution < 1.29 is 4.74 Å². The van der Waals surface area contributed by atoms with Crippen LogP contribution >= 0.6 is 0 Å². The van der Waals surface area contributed by atoms with Gasteiger partial charge in [-0.25, -0.2) is 14.6 Å². The van der Waals surface area contributed by atoms with E-state index in [-0.39, 0.29) is 17.5 Å². The molecule has 2 aromatic heterocycles. The van der Waals surface area contributed by atoms with Crippen LogP contribution in [0.1, 0.15) is 19.9 Å². The van der Waals surface area contributed by atoms with Gasteiger partial charge in [0.05, 0.1) is 17.4 Å². The molecular formula is C21H26N6O2. The van der Waals surface area contributed by atoms with E-state index in [0.29, 0.717) is 29.3 Å². The van der Waals surface area contributed by atoms with E-state index in [1.165, 1.54) is 10.7 Å². The molecule has 0 aliphatic rings. The highest BCUT2D eigenvalue weighted by molar-refractivity contribution is 5.81. The maximum atomic E-state index is 12.1. The van der Waals surface area contributed by atoms with Gasteiger partial charge in [-0.2, -0.15) is 5.10 Å². The summed E-state index contributed by atoms with van der Waals surface area (Å²) in [6, 6.07) is 10.8. The van der Waals surface area contributed by atoms with Crippen molar-refractivity contribution in [1.82, 2.24) is 24.6 Å². The Bertz CT molecular complexity index is 1050. The molecule has 0 aliphatic heterocycles. The zero-order valence-corrected chi connectivity index (χ0v) is 17.2. The zero-order valence-electron chi connectivity index (χ0n) is 17.2. The molecule has 0 atom stereocenters. The maximum Gasteiger partial charge on any atom is 0.267 e. The van der Waals surface area contributed by atoms with Crippen molar-refractivity contribution in [3.05, 3.63) is 52.9 Å². The standard InChI is InChI=1S/C21H26N6O2/c1-14(2)27-19(28)10-9-17(25-27)16-13-23-21(22)24-20(16)15-7-5-6-8-18(15)29-12-11-26(3)4/h5-10,13-14H,11-12H2,1-4H3,(H2,22,23,24). The van der Waals surface area contributed by atoms with E-state index in [1.807, 2.05) is 52.2 Å². The molecule has 2 heterocycles. The van der Waals surface area contributed by atoms with Gasteiger partial charge in [-0.1, -0.05) is 12.1 Å². The quantitative estimate of drug-likeness (QED) is 0.657. The number of nitrogens with two attached hydrogens (primary N) is 1. The van der Waals surface area contributed by atoms with Crippen LogP contribution in [0.25, 0.3) is 22.5 Å². The van der Waals surface area contributed by atoms with Crippen LogP contribution in [0, 0.1) is 0 Å². The van der Waals surface area contributed by atoms with Crippen LogP contribution in [-0.2, 0) is 0 Å². The van der Waals surface area contributed by atoms with E-state index in [1.54, 1.807) is 12.3 Å². The molecule has 8 nitrogen and oxygen atoms in total. The first-order valence-corrected chi connectivity index (χ1v) is 9.46. The fraction of sp³-hybridized carbons (Fsp3) is 0.333. The molecule has 1 aromatic carbocycles. The average Bonchev–Trinajstić information content (AvgIpc) is 2.68. The first-order chi connectivity index (χ1) is 13.9. The minimum absolute atomic E-state index is 0.0674. The number of ether oxygens (including phenoxy) is 1. The van der Waals surface area contributed by atoms with Gasteiger partial charge in [0.15, 0.2) is 0 Å². The van der Waals surface area contributed by atoms with Crippen LogP contribution in [0.2, 0.25) is 0 Å². The lowest BCUT2D eigenvalue weighted by molar-refractivity contribution is 0.262. The van der Waals surface area contributed by atoms with E-state index in [0.717, 1.165) is 12.1 Å². The summed E-state index contributed by atoms with van der Waals surface area (Å²) in [6.45, 7) is 5.14. The minimum Gasteiger partial charge on any atom is -0.492 e. The molecule has 0 spiro atoms. The average molecular weight is 394 g/mol. The zero-order chi connectivity index (χ0) is 21.0. The summed E-state index contributed by atoms with van der Waals surface area (Å²) < 4.78 is 7.44. The highest BCUT2D eigenvalue weighted by Crippen LogP contribution is 2.35. The van der Waals surface area contributed by atoms with Gasteiger partial charge < -0.3 is 15.4 Å². The molecule has 0 saturated carbocycles. The van der Waals surface area contributed by atoms with Crippen molar-refractivity contribution in [2.75, 3.05) is 33.0 Å². The third kappa shape index (κ3) is 4.78. The summed E-state index contributed by atoms with van der Waals surface area (Å²) in [5.74, 6) is 0.856. The second-order valence-corrected chi connectivity index (χ2v) is 7.23. The topological polar surface area (TPSA) is 99.2 Å². The molecule has 0 amide bonds. The van der Waals surface area contributed by atoms with Crippen molar-refractivity contribution in [1.29, 1.82) is 0 Å². The van der Waals surface area contributed by atoms with E-state index in [4.69, 9.17) is 10.5 Å². The number of hydrogen-bond donors (Lipinski definition) is 1. The Morgan fingerprint density at radius 1 is 1.14 bits per heavy atom. The summed E-state index contributed by atoms with van der Waals surface area (Å²) in [7, 11) is 3.99. The molecule has 29 heavy (non-hydrogen) atoms. The number of hydrogen-bond acceptors (Lipinski definition) is 7. The van der Waals surface area contributed by atoms with Gasteiger partial charge in [0.1, 0.15) is 12.4 Å². The molecule has 152 valence electrons. The highest BCUT2D eigenvalue weighted by atomic mass is 16.5. The van der Waals surface area contributed by atoms with Gasteiger partial charge in [0.2, 0.25) is 5.95 Å². The predicted molar refractivity (Wildman–Crippen MR) is 114 cm³/mol. The van der Waals surface area contributed by atoms with E-state index in [9.17, 15) is 4.79 Å². The normalized spacial score (nSPS) is 11.2. The molecule has 0 radical (unpaired) electrons. The number of anilines is 1. The van der Waals surface area contributed by atoms with Crippen molar-refractivity contribution in [3.63, 3.8) is 0 Å². The van der Waals surface area contributed by atoms with Crippen LogP contribution in [0.3, 0.4) is 0 Å². The van der Waals surface area contributed by atoms with Gasteiger partial charge >= 0.3 is 0 Å². The second kappa shape index (κ2) is 8.83. The van der Waals surface area contributed by atoms with E-state index < -0.39 is 0 Å². The number of nitrogen functional groups attached to an aromatic ring is 1. The van der Waals surface area contributed by atoms with Crippen LogP contribution in [0.4, 0.5) is 5.95 Å². The van der Waals surface area contributed by atoms with Gasteiger partial charge in [-0.15, -0.1) is 0 Å². The number of rotatable bonds is 7. The fourth-order valence-electron chi connectivity index (χ4n) is 2.85. The summed E-state index contributed by atoms with van der Waals surface area (Å²) in [5, 5.41) is 4.51. The summed E-state index contributed by atoms with van der Waals surface area (Å²) in [5.41, 5.74) is 8.41. The predicted octanol–water partition coefficient (Wildman–Crippen LogP) is 2.47. The number of aromatic nitrogens is 4. The summed E-state index contributed by atoms with van der Waals surface area (Å²) >= 11 is 0. The van der Waals surface area contributed by atoms with Crippen LogP contribution in [0.5, 0.6) is 5.75 Å². The molecule has 0 saturated heterocycles. The molecule has 3 rings (SSSR count). The first kappa shape index (κ1) is 20.5.